The molecule has 6 heteroatoms. The summed E-state index contributed by atoms with van der Waals surface area (Å²) >= 11 is 0. The second-order valence-electron chi connectivity index (χ2n) is 5.83. The predicted molar refractivity (Wildman–Crippen MR) is 73.5 cm³/mol. The number of rotatable bonds is 2. The largest absolute Gasteiger partial charge is 0.331 e. The first-order chi connectivity index (χ1) is 9.05. The highest BCUT2D eigenvalue weighted by molar-refractivity contribution is 7.91. The highest BCUT2D eigenvalue weighted by Gasteiger charge is 2.27. The van der Waals surface area contributed by atoms with E-state index < -0.39 is 9.84 Å². The first kappa shape index (κ1) is 13.1. The fourth-order valence-corrected chi connectivity index (χ4v) is 5.08. The first-order valence-electron chi connectivity index (χ1n) is 7.05. The molecule has 0 bridgehead atoms. The predicted octanol–water partition coefficient (Wildman–Crippen LogP) is 1.04. The van der Waals surface area contributed by atoms with Gasteiger partial charge in [0.25, 0.3) is 0 Å². The van der Waals surface area contributed by atoms with E-state index in [1.165, 1.54) is 0 Å². The Morgan fingerprint density at radius 3 is 3.00 bits per heavy atom. The second kappa shape index (κ2) is 4.90. The molecule has 1 fully saturated rings. The van der Waals surface area contributed by atoms with Crippen LogP contribution in [0.4, 0.5) is 0 Å². The summed E-state index contributed by atoms with van der Waals surface area (Å²) in [6, 6.07) is 0.0880. The molecule has 2 aliphatic heterocycles. The van der Waals surface area contributed by atoms with Crippen LogP contribution in [0.5, 0.6) is 0 Å². The van der Waals surface area contributed by atoms with Crippen molar-refractivity contribution in [3.63, 3.8) is 0 Å². The maximum Gasteiger partial charge on any atom is 0.150 e. The number of fused-ring (bicyclic) bond motifs is 1. The maximum absolute atomic E-state index is 11.7. The van der Waals surface area contributed by atoms with Gasteiger partial charge >= 0.3 is 0 Å². The topological polar surface area (TPSA) is 78.0 Å². The third-order valence-electron chi connectivity index (χ3n) is 4.27. The molecule has 3 rings (SSSR count). The van der Waals surface area contributed by atoms with Crippen molar-refractivity contribution in [3.8, 4) is 0 Å². The summed E-state index contributed by atoms with van der Waals surface area (Å²) in [7, 11) is -2.83. The molecule has 106 valence electrons. The Hall–Kier alpha value is -0.880. The number of nitrogens with zero attached hydrogens (tertiary/aromatic N) is 2. The van der Waals surface area contributed by atoms with Gasteiger partial charge in [-0.25, -0.2) is 13.4 Å². The molecule has 2 atom stereocenters. The van der Waals surface area contributed by atoms with Gasteiger partial charge < -0.3 is 10.3 Å². The zero-order valence-electron chi connectivity index (χ0n) is 11.1. The van der Waals surface area contributed by atoms with Crippen molar-refractivity contribution in [3.05, 3.63) is 17.7 Å². The van der Waals surface area contributed by atoms with Gasteiger partial charge in [-0.2, -0.15) is 0 Å². The lowest BCUT2D eigenvalue weighted by Crippen LogP contribution is -2.28. The highest BCUT2D eigenvalue weighted by atomic mass is 32.2. The standard InChI is InChI=1S/C13H21N3O2S/c14-11-4-1-5-16-12(11)8-15-13(16)7-10-3-2-6-19(17,18)9-10/h8,10-11H,1-7,9,14H2. The van der Waals surface area contributed by atoms with Crippen molar-refractivity contribution in [2.45, 2.75) is 44.7 Å². The average molecular weight is 283 g/mol. The molecule has 0 saturated carbocycles. The molecule has 5 nitrogen and oxygen atoms in total. The molecule has 1 aromatic rings. The lowest BCUT2D eigenvalue weighted by Gasteiger charge is -2.25. The Morgan fingerprint density at radius 1 is 1.37 bits per heavy atom. The zero-order chi connectivity index (χ0) is 13.5. The molecule has 0 spiro atoms. The quantitative estimate of drug-likeness (QED) is 0.880. The van der Waals surface area contributed by atoms with Crippen LogP contribution in [0.1, 0.15) is 43.2 Å². The van der Waals surface area contributed by atoms with Gasteiger partial charge in [0, 0.05) is 19.0 Å². The van der Waals surface area contributed by atoms with Crippen LogP contribution < -0.4 is 5.73 Å². The Balaban J connectivity index is 1.77. The van der Waals surface area contributed by atoms with Crippen LogP contribution in [0, 0.1) is 5.92 Å². The van der Waals surface area contributed by atoms with Gasteiger partial charge in [0.1, 0.15) is 5.82 Å². The molecule has 1 aromatic heterocycles. The molecule has 1 saturated heterocycles. The number of nitrogens with two attached hydrogens (primary N) is 1. The van der Waals surface area contributed by atoms with E-state index in [1.54, 1.807) is 0 Å². The van der Waals surface area contributed by atoms with E-state index in [0.717, 1.165) is 50.2 Å². The normalized spacial score (nSPS) is 29.9. The molecule has 0 radical (unpaired) electrons. The maximum atomic E-state index is 11.7. The third-order valence-corrected chi connectivity index (χ3v) is 6.16. The molecule has 2 N–H and O–H groups in total. The van der Waals surface area contributed by atoms with Crippen molar-refractivity contribution >= 4 is 9.84 Å². The van der Waals surface area contributed by atoms with Gasteiger partial charge in [-0.3, -0.25) is 0 Å². The summed E-state index contributed by atoms with van der Waals surface area (Å²) in [5.74, 6) is 1.92. The third kappa shape index (κ3) is 2.69. The second-order valence-corrected chi connectivity index (χ2v) is 8.06. The van der Waals surface area contributed by atoms with E-state index >= 15 is 0 Å². The Kier molecular flexibility index (Phi) is 3.39. The van der Waals surface area contributed by atoms with Gasteiger partial charge in [-0.1, -0.05) is 0 Å². The smallest absolute Gasteiger partial charge is 0.150 e. The molecule has 0 aliphatic carbocycles. The zero-order valence-corrected chi connectivity index (χ0v) is 11.9. The number of hydrogen-bond acceptors (Lipinski definition) is 4. The monoisotopic (exact) mass is 283 g/mol. The van der Waals surface area contributed by atoms with Gasteiger partial charge in [0.05, 0.1) is 23.4 Å². The van der Waals surface area contributed by atoms with Crippen LogP contribution in [0.25, 0.3) is 0 Å². The van der Waals surface area contributed by atoms with E-state index in [2.05, 4.69) is 9.55 Å². The van der Waals surface area contributed by atoms with E-state index in [0.29, 0.717) is 11.5 Å². The summed E-state index contributed by atoms with van der Waals surface area (Å²) in [4.78, 5) is 4.48. The fraction of sp³-hybridized carbons (Fsp3) is 0.769. The molecule has 2 aliphatic rings. The molecular weight excluding hydrogens is 262 g/mol. The van der Waals surface area contributed by atoms with E-state index in [9.17, 15) is 8.42 Å². The Morgan fingerprint density at radius 2 is 2.21 bits per heavy atom. The van der Waals surface area contributed by atoms with Crippen molar-refractivity contribution in [1.29, 1.82) is 0 Å². The Labute approximate surface area is 114 Å². The summed E-state index contributed by atoms with van der Waals surface area (Å²) < 4.78 is 25.6. The summed E-state index contributed by atoms with van der Waals surface area (Å²) in [6.45, 7) is 0.970. The average Bonchev–Trinajstić information content (AvgIpc) is 2.73. The summed E-state index contributed by atoms with van der Waals surface area (Å²) in [6.07, 6.45) is 6.53. The van der Waals surface area contributed by atoms with Crippen molar-refractivity contribution in [2.75, 3.05) is 11.5 Å². The van der Waals surface area contributed by atoms with Crippen molar-refractivity contribution in [2.24, 2.45) is 11.7 Å². The van der Waals surface area contributed by atoms with Gasteiger partial charge in [0.15, 0.2) is 9.84 Å². The van der Waals surface area contributed by atoms with Crippen LogP contribution in [-0.4, -0.2) is 29.5 Å². The van der Waals surface area contributed by atoms with Gasteiger partial charge in [0.2, 0.25) is 0 Å². The van der Waals surface area contributed by atoms with Crippen LogP contribution in [0.3, 0.4) is 0 Å². The number of aromatic nitrogens is 2. The fourth-order valence-electron chi connectivity index (χ4n) is 3.30. The molecule has 19 heavy (non-hydrogen) atoms. The van der Waals surface area contributed by atoms with E-state index in [-0.39, 0.29) is 12.0 Å². The summed E-state index contributed by atoms with van der Waals surface area (Å²) in [5.41, 5.74) is 7.19. The number of imidazole rings is 1. The van der Waals surface area contributed by atoms with Crippen LogP contribution in [-0.2, 0) is 22.8 Å². The van der Waals surface area contributed by atoms with Crippen LogP contribution in [0.15, 0.2) is 6.20 Å². The van der Waals surface area contributed by atoms with Crippen molar-refractivity contribution in [1.82, 2.24) is 9.55 Å². The van der Waals surface area contributed by atoms with Crippen LogP contribution in [0.2, 0.25) is 0 Å². The molecule has 0 aromatic carbocycles. The van der Waals surface area contributed by atoms with Crippen molar-refractivity contribution < 1.29 is 8.42 Å². The molecule has 3 heterocycles. The molecule has 0 amide bonds. The number of sulfone groups is 1. The van der Waals surface area contributed by atoms with Gasteiger partial charge in [-0.15, -0.1) is 0 Å². The lowest BCUT2D eigenvalue weighted by atomic mass is 10.0. The van der Waals surface area contributed by atoms with E-state index in [4.69, 9.17) is 5.73 Å². The highest BCUT2D eigenvalue weighted by Crippen LogP contribution is 2.27. The Bertz CT molecular complexity index is 564. The molecule has 2 unspecified atom stereocenters. The minimum atomic E-state index is -2.83. The lowest BCUT2D eigenvalue weighted by molar-refractivity contribution is 0.426. The van der Waals surface area contributed by atoms with E-state index in [1.807, 2.05) is 6.20 Å². The number of hydrogen-bond donors (Lipinski definition) is 1. The minimum Gasteiger partial charge on any atom is -0.331 e. The van der Waals surface area contributed by atoms with Crippen LogP contribution >= 0.6 is 0 Å². The molecular formula is C13H21N3O2S. The van der Waals surface area contributed by atoms with Gasteiger partial charge in [-0.05, 0) is 31.6 Å². The minimum absolute atomic E-state index is 0.0880. The SMILES string of the molecule is NC1CCCn2c1cnc2CC1CCCS(=O)(=O)C1. The summed E-state index contributed by atoms with van der Waals surface area (Å²) in [5, 5.41) is 0. The first-order valence-corrected chi connectivity index (χ1v) is 8.87.